The average Bonchev–Trinajstić information content (AvgIpc) is 1.95. The third-order valence-electron chi connectivity index (χ3n) is 1.79. The van der Waals surface area contributed by atoms with Crippen LogP contribution in [-0.2, 0) is 9.13 Å². The Morgan fingerprint density at radius 2 is 1.50 bits per heavy atom. The molecule has 0 saturated heterocycles. The third kappa shape index (κ3) is 4.66. The van der Waals surface area contributed by atoms with Gasteiger partial charge in [-0.25, -0.2) is 0 Å². The smallest absolute Gasteiger partial charge is 0.324 e. The van der Waals surface area contributed by atoms with E-state index in [4.69, 9.17) is 19.6 Å². The van der Waals surface area contributed by atoms with Gasteiger partial charge < -0.3 is 24.5 Å². The molecule has 0 radical (unpaired) electrons. The number of hydrogen-bond donors (Lipinski definition) is 4. The van der Waals surface area contributed by atoms with Gasteiger partial charge in [0.15, 0.2) is 5.40 Å². The largest absolute Gasteiger partial charge is 0.342 e. The molecule has 0 bridgehead atoms. The van der Waals surface area contributed by atoms with E-state index >= 15 is 0 Å². The second kappa shape index (κ2) is 4.86. The Bertz CT molecular complexity index is 247. The topological polar surface area (TPSA) is 118 Å². The molecule has 0 aliphatic heterocycles. The van der Waals surface area contributed by atoms with Crippen LogP contribution < -0.4 is 0 Å². The fraction of sp³-hybridized carbons (Fsp3) is 1.00. The van der Waals surface area contributed by atoms with E-state index in [0.29, 0.717) is 6.54 Å². The van der Waals surface area contributed by atoms with Crippen molar-refractivity contribution < 1.29 is 28.7 Å². The van der Waals surface area contributed by atoms with Crippen molar-refractivity contribution in [1.29, 1.82) is 0 Å². The van der Waals surface area contributed by atoms with Crippen LogP contribution in [0.2, 0.25) is 0 Å². The first-order chi connectivity index (χ1) is 6.09. The van der Waals surface area contributed by atoms with Crippen molar-refractivity contribution in [2.45, 2.75) is 12.3 Å². The highest BCUT2D eigenvalue weighted by molar-refractivity contribution is 7.70. The van der Waals surface area contributed by atoms with Gasteiger partial charge in [-0.05, 0) is 13.6 Å². The molecule has 0 atom stereocenters. The van der Waals surface area contributed by atoms with Gasteiger partial charge in [0.1, 0.15) is 0 Å². The van der Waals surface area contributed by atoms with Crippen LogP contribution in [0.1, 0.15) is 6.92 Å². The van der Waals surface area contributed by atoms with E-state index in [2.05, 4.69) is 0 Å². The van der Waals surface area contributed by atoms with Crippen LogP contribution in [0.15, 0.2) is 0 Å². The summed E-state index contributed by atoms with van der Waals surface area (Å²) in [6.07, 6.45) is 0. The molecule has 0 aromatic rings. The zero-order valence-electron chi connectivity index (χ0n) is 7.94. The molecule has 0 rings (SSSR count). The molecule has 0 saturated carbocycles. The first kappa shape index (κ1) is 14.3. The Morgan fingerprint density at radius 3 is 1.71 bits per heavy atom. The van der Waals surface area contributed by atoms with Crippen molar-refractivity contribution in [2.75, 3.05) is 20.1 Å². The third-order valence-corrected chi connectivity index (χ3v) is 5.48. The Labute approximate surface area is 82.1 Å². The summed E-state index contributed by atoms with van der Waals surface area (Å²) in [4.78, 5) is 36.4. The fourth-order valence-corrected chi connectivity index (χ4v) is 3.37. The molecular weight excluding hydrogens is 232 g/mol. The molecule has 86 valence electrons. The molecule has 0 aliphatic rings. The molecule has 0 fully saturated rings. The summed E-state index contributed by atoms with van der Waals surface area (Å²) in [6.45, 7) is 1.85. The lowest BCUT2D eigenvalue weighted by molar-refractivity contribution is 0.300. The van der Waals surface area contributed by atoms with Crippen molar-refractivity contribution in [1.82, 2.24) is 4.90 Å². The molecule has 4 N–H and O–H groups in total. The van der Waals surface area contributed by atoms with Gasteiger partial charge in [0, 0.05) is 6.54 Å². The van der Waals surface area contributed by atoms with Crippen molar-refractivity contribution in [2.24, 2.45) is 0 Å². The molecule has 7 nitrogen and oxygen atoms in total. The first-order valence-corrected chi connectivity index (χ1v) is 7.24. The van der Waals surface area contributed by atoms with Crippen molar-refractivity contribution in [3.8, 4) is 0 Å². The van der Waals surface area contributed by atoms with E-state index in [1.165, 1.54) is 11.9 Å². The van der Waals surface area contributed by atoms with Crippen LogP contribution in [0.25, 0.3) is 0 Å². The van der Waals surface area contributed by atoms with Crippen LogP contribution in [-0.4, -0.2) is 50.0 Å². The summed E-state index contributed by atoms with van der Waals surface area (Å²) in [7, 11) is -8.01. The zero-order valence-corrected chi connectivity index (χ0v) is 9.73. The fourth-order valence-electron chi connectivity index (χ4n) is 0.817. The minimum absolute atomic E-state index is 0.328. The standard InChI is InChI=1S/C5H15NO6P2/c1-3-6(2)4-5(13(7,8)9)14(10,11)12/h5H,3-4H2,1-2H3,(H2,7,8,9)(H2,10,11,12). The Hall–Kier alpha value is 0.260. The Balaban J connectivity index is 4.78. The molecule has 0 spiro atoms. The molecule has 0 amide bonds. The quantitative estimate of drug-likeness (QED) is 0.489. The van der Waals surface area contributed by atoms with Crippen LogP contribution >= 0.6 is 15.2 Å². The highest BCUT2D eigenvalue weighted by Crippen LogP contribution is 2.59. The van der Waals surface area contributed by atoms with E-state index in [0.717, 1.165) is 0 Å². The van der Waals surface area contributed by atoms with Crippen molar-refractivity contribution in [3.63, 3.8) is 0 Å². The van der Waals surface area contributed by atoms with Gasteiger partial charge in [-0.15, -0.1) is 0 Å². The predicted octanol–water partition coefficient (Wildman–Crippen LogP) is -0.380. The van der Waals surface area contributed by atoms with Crippen LogP contribution in [0.4, 0.5) is 0 Å². The van der Waals surface area contributed by atoms with Crippen molar-refractivity contribution in [3.05, 3.63) is 0 Å². The normalized spacial score (nSPS) is 14.0. The SMILES string of the molecule is CCN(C)CC(P(=O)(O)O)P(=O)(O)O. The van der Waals surface area contributed by atoms with Gasteiger partial charge in [0.25, 0.3) is 0 Å². The van der Waals surface area contributed by atoms with Gasteiger partial charge in [-0.1, -0.05) is 6.92 Å². The summed E-state index contributed by atoms with van der Waals surface area (Å²) in [5, 5.41) is -1.93. The zero-order chi connectivity index (χ0) is 11.6. The lowest BCUT2D eigenvalue weighted by Gasteiger charge is -2.24. The van der Waals surface area contributed by atoms with Gasteiger partial charge in [0.05, 0.1) is 0 Å². The maximum Gasteiger partial charge on any atom is 0.342 e. The molecular formula is C5H15NO6P2. The van der Waals surface area contributed by atoms with Gasteiger partial charge >= 0.3 is 15.2 Å². The van der Waals surface area contributed by atoms with Gasteiger partial charge in [-0.3, -0.25) is 9.13 Å². The second-order valence-electron chi connectivity index (χ2n) is 3.01. The predicted molar refractivity (Wildman–Crippen MR) is 51.0 cm³/mol. The van der Waals surface area contributed by atoms with E-state index in [1.54, 1.807) is 6.92 Å². The highest BCUT2D eigenvalue weighted by atomic mass is 31.2. The Kier molecular flexibility index (Phi) is 4.95. The van der Waals surface area contributed by atoms with E-state index < -0.39 is 20.6 Å². The van der Waals surface area contributed by atoms with Crippen LogP contribution in [0.5, 0.6) is 0 Å². The monoisotopic (exact) mass is 247 g/mol. The number of hydrogen-bond acceptors (Lipinski definition) is 3. The summed E-state index contributed by atoms with van der Waals surface area (Å²) in [5.41, 5.74) is 0. The number of rotatable bonds is 5. The minimum atomic E-state index is -4.77. The minimum Gasteiger partial charge on any atom is -0.324 e. The first-order valence-electron chi connectivity index (χ1n) is 3.88. The van der Waals surface area contributed by atoms with E-state index in [1.807, 2.05) is 0 Å². The average molecular weight is 247 g/mol. The highest BCUT2D eigenvalue weighted by Gasteiger charge is 2.43. The van der Waals surface area contributed by atoms with E-state index in [-0.39, 0.29) is 6.54 Å². The molecule has 0 unspecified atom stereocenters. The summed E-state index contributed by atoms with van der Waals surface area (Å²) in [5.74, 6) is 0. The number of nitrogens with zero attached hydrogens (tertiary/aromatic N) is 1. The van der Waals surface area contributed by atoms with Crippen LogP contribution in [0.3, 0.4) is 0 Å². The molecule has 0 aromatic heterocycles. The molecule has 9 heteroatoms. The van der Waals surface area contributed by atoms with Gasteiger partial charge in [-0.2, -0.15) is 0 Å². The van der Waals surface area contributed by atoms with Crippen LogP contribution in [0, 0.1) is 0 Å². The molecule has 0 heterocycles. The van der Waals surface area contributed by atoms with E-state index in [9.17, 15) is 9.13 Å². The lowest BCUT2D eigenvalue weighted by atomic mass is 10.6. The molecule has 14 heavy (non-hydrogen) atoms. The van der Waals surface area contributed by atoms with Crippen molar-refractivity contribution >= 4 is 15.2 Å². The molecule has 0 aliphatic carbocycles. The second-order valence-corrected chi connectivity index (χ2v) is 7.02. The van der Waals surface area contributed by atoms with Gasteiger partial charge in [0.2, 0.25) is 0 Å². The maximum atomic E-state index is 10.8. The Morgan fingerprint density at radius 1 is 1.14 bits per heavy atom. The summed E-state index contributed by atoms with van der Waals surface area (Å²) in [6, 6.07) is 0. The molecule has 0 aromatic carbocycles. The summed E-state index contributed by atoms with van der Waals surface area (Å²) < 4.78 is 21.6. The summed E-state index contributed by atoms with van der Waals surface area (Å²) >= 11 is 0. The maximum absolute atomic E-state index is 10.8. The lowest BCUT2D eigenvalue weighted by Crippen LogP contribution is -2.29.